The molecule has 4 atom stereocenters. The fourth-order valence-electron chi connectivity index (χ4n) is 4.41. The van der Waals surface area contributed by atoms with E-state index in [1.807, 2.05) is 12.1 Å². The summed E-state index contributed by atoms with van der Waals surface area (Å²) in [6.45, 7) is 3.38. The molecule has 0 spiro atoms. The van der Waals surface area contributed by atoms with Crippen LogP contribution in [-0.2, 0) is 0 Å². The van der Waals surface area contributed by atoms with Gasteiger partial charge < -0.3 is 5.32 Å². The zero-order chi connectivity index (χ0) is 14.7. The molecule has 0 amide bonds. The van der Waals surface area contributed by atoms with Gasteiger partial charge in [-0.3, -0.25) is 0 Å². The van der Waals surface area contributed by atoms with Crippen LogP contribution in [0.2, 0.25) is 0 Å². The number of halogens is 1. The Morgan fingerprint density at radius 3 is 2.62 bits per heavy atom. The molecule has 21 heavy (non-hydrogen) atoms. The van der Waals surface area contributed by atoms with Crippen LogP contribution in [0, 0.1) is 23.6 Å². The Balaban J connectivity index is 1.58. The number of nitrogens with one attached hydrogen (secondary N) is 1. The molecule has 0 saturated heterocycles. The van der Waals surface area contributed by atoms with E-state index >= 15 is 0 Å². The monoisotopic (exact) mass is 289 g/mol. The van der Waals surface area contributed by atoms with Gasteiger partial charge in [-0.1, -0.05) is 38.3 Å². The van der Waals surface area contributed by atoms with Gasteiger partial charge in [0, 0.05) is 6.04 Å². The summed E-state index contributed by atoms with van der Waals surface area (Å²) in [5.41, 5.74) is 1.24. The van der Waals surface area contributed by atoms with E-state index in [1.54, 1.807) is 12.1 Å². The first-order chi connectivity index (χ1) is 10.3. The van der Waals surface area contributed by atoms with E-state index in [9.17, 15) is 4.39 Å². The van der Waals surface area contributed by atoms with Crippen molar-refractivity contribution in [1.82, 2.24) is 5.32 Å². The number of unbranched alkanes of at least 4 members (excludes halogenated alkanes) is 1. The standard InChI is InChI=1S/C19H28FN/c1-2-3-4-19(15-7-9-18(20)10-8-15)21-13-17-12-14-5-6-16(17)11-14/h7-10,14,16-17,19,21H,2-6,11-13H2,1H3. The van der Waals surface area contributed by atoms with Crippen LogP contribution in [0.15, 0.2) is 24.3 Å². The van der Waals surface area contributed by atoms with Crippen molar-refractivity contribution in [2.24, 2.45) is 17.8 Å². The fourth-order valence-corrected chi connectivity index (χ4v) is 4.41. The van der Waals surface area contributed by atoms with Crippen LogP contribution in [0.5, 0.6) is 0 Å². The van der Waals surface area contributed by atoms with Crippen molar-refractivity contribution in [3.05, 3.63) is 35.6 Å². The normalized spacial score (nSPS) is 29.0. The van der Waals surface area contributed by atoms with Crippen LogP contribution < -0.4 is 5.32 Å². The van der Waals surface area contributed by atoms with Crippen LogP contribution >= 0.6 is 0 Å². The van der Waals surface area contributed by atoms with Crippen LogP contribution in [0.1, 0.15) is 63.5 Å². The molecule has 4 unspecified atom stereocenters. The highest BCUT2D eigenvalue weighted by atomic mass is 19.1. The number of benzene rings is 1. The Bertz CT molecular complexity index is 441. The van der Waals surface area contributed by atoms with Gasteiger partial charge in [0.05, 0.1) is 0 Å². The highest BCUT2D eigenvalue weighted by molar-refractivity contribution is 5.20. The number of fused-ring (bicyclic) bond motifs is 2. The summed E-state index contributed by atoms with van der Waals surface area (Å²) in [5.74, 6) is 2.73. The Morgan fingerprint density at radius 2 is 2.00 bits per heavy atom. The summed E-state index contributed by atoms with van der Waals surface area (Å²) in [6, 6.07) is 7.47. The smallest absolute Gasteiger partial charge is 0.123 e. The number of hydrogen-bond donors (Lipinski definition) is 1. The van der Waals surface area contributed by atoms with Gasteiger partial charge in [0.25, 0.3) is 0 Å². The Hall–Kier alpha value is -0.890. The first kappa shape index (κ1) is 15.0. The lowest BCUT2D eigenvalue weighted by atomic mass is 9.88. The lowest BCUT2D eigenvalue weighted by Crippen LogP contribution is -2.30. The molecule has 2 saturated carbocycles. The molecule has 1 nitrogen and oxygen atoms in total. The van der Waals surface area contributed by atoms with E-state index in [0.717, 1.165) is 30.7 Å². The lowest BCUT2D eigenvalue weighted by Gasteiger charge is -2.26. The summed E-state index contributed by atoms with van der Waals surface area (Å²) >= 11 is 0. The largest absolute Gasteiger partial charge is 0.310 e. The zero-order valence-corrected chi connectivity index (χ0v) is 13.2. The predicted molar refractivity (Wildman–Crippen MR) is 85.6 cm³/mol. The fraction of sp³-hybridized carbons (Fsp3) is 0.684. The molecule has 116 valence electrons. The number of hydrogen-bond acceptors (Lipinski definition) is 1. The van der Waals surface area contributed by atoms with Crippen molar-refractivity contribution in [1.29, 1.82) is 0 Å². The predicted octanol–water partition coefficient (Wildman–Crippen LogP) is 5.08. The van der Waals surface area contributed by atoms with Crippen molar-refractivity contribution in [3.63, 3.8) is 0 Å². The van der Waals surface area contributed by atoms with Crippen LogP contribution in [0.4, 0.5) is 4.39 Å². The molecule has 0 aromatic heterocycles. The average molecular weight is 289 g/mol. The van der Waals surface area contributed by atoms with Gasteiger partial charge in [0.2, 0.25) is 0 Å². The van der Waals surface area contributed by atoms with Gasteiger partial charge in [0.1, 0.15) is 5.82 Å². The first-order valence-corrected chi connectivity index (χ1v) is 8.75. The third-order valence-electron chi connectivity index (χ3n) is 5.63. The maximum Gasteiger partial charge on any atom is 0.123 e. The van der Waals surface area contributed by atoms with E-state index in [-0.39, 0.29) is 5.82 Å². The van der Waals surface area contributed by atoms with Crippen molar-refractivity contribution in [2.45, 2.75) is 57.9 Å². The Morgan fingerprint density at radius 1 is 1.19 bits per heavy atom. The molecular formula is C19H28FN. The third-order valence-corrected chi connectivity index (χ3v) is 5.63. The van der Waals surface area contributed by atoms with Gasteiger partial charge in [-0.05, 0) is 67.7 Å². The Kier molecular flexibility index (Phi) is 4.95. The van der Waals surface area contributed by atoms with Gasteiger partial charge in [-0.25, -0.2) is 4.39 Å². The maximum absolute atomic E-state index is 13.1. The summed E-state index contributed by atoms with van der Waals surface area (Å²) in [6.07, 6.45) is 9.43. The lowest BCUT2D eigenvalue weighted by molar-refractivity contribution is 0.302. The van der Waals surface area contributed by atoms with Crippen molar-refractivity contribution >= 4 is 0 Å². The van der Waals surface area contributed by atoms with E-state index in [4.69, 9.17) is 0 Å². The van der Waals surface area contributed by atoms with Crippen LogP contribution in [0.25, 0.3) is 0 Å². The molecule has 1 aromatic rings. The molecule has 2 bridgehead atoms. The molecule has 1 aromatic carbocycles. The third kappa shape index (κ3) is 3.66. The molecule has 0 aliphatic heterocycles. The minimum absolute atomic E-state index is 0.138. The van der Waals surface area contributed by atoms with E-state index in [2.05, 4.69) is 12.2 Å². The first-order valence-electron chi connectivity index (χ1n) is 8.75. The van der Waals surface area contributed by atoms with E-state index in [1.165, 1.54) is 44.1 Å². The van der Waals surface area contributed by atoms with Gasteiger partial charge in [0.15, 0.2) is 0 Å². The second kappa shape index (κ2) is 6.91. The van der Waals surface area contributed by atoms with Gasteiger partial charge in [-0.2, -0.15) is 0 Å². The van der Waals surface area contributed by atoms with Crippen LogP contribution in [-0.4, -0.2) is 6.54 Å². The molecule has 0 radical (unpaired) electrons. The molecule has 2 heteroatoms. The topological polar surface area (TPSA) is 12.0 Å². The molecule has 3 rings (SSSR count). The SMILES string of the molecule is CCCCC(NCC1CC2CCC1C2)c1ccc(F)cc1. The van der Waals surface area contributed by atoms with Crippen LogP contribution in [0.3, 0.4) is 0 Å². The Labute approximate surface area is 128 Å². The summed E-state index contributed by atoms with van der Waals surface area (Å²) in [4.78, 5) is 0. The highest BCUT2D eigenvalue weighted by Gasteiger charge is 2.39. The highest BCUT2D eigenvalue weighted by Crippen LogP contribution is 2.48. The molecule has 2 aliphatic rings. The average Bonchev–Trinajstić information content (AvgIpc) is 3.11. The molecule has 0 heterocycles. The summed E-state index contributed by atoms with van der Waals surface area (Å²) in [5, 5.41) is 3.79. The molecule has 2 aliphatic carbocycles. The van der Waals surface area contributed by atoms with E-state index < -0.39 is 0 Å². The molecular weight excluding hydrogens is 261 g/mol. The minimum Gasteiger partial charge on any atom is -0.310 e. The van der Waals surface area contributed by atoms with Crippen molar-refractivity contribution in [2.75, 3.05) is 6.54 Å². The second-order valence-corrected chi connectivity index (χ2v) is 7.09. The van der Waals surface area contributed by atoms with Crippen molar-refractivity contribution < 1.29 is 4.39 Å². The quantitative estimate of drug-likeness (QED) is 0.738. The van der Waals surface area contributed by atoms with Crippen molar-refractivity contribution in [3.8, 4) is 0 Å². The van der Waals surface area contributed by atoms with Gasteiger partial charge in [-0.15, -0.1) is 0 Å². The zero-order valence-electron chi connectivity index (χ0n) is 13.2. The summed E-state index contributed by atoms with van der Waals surface area (Å²) in [7, 11) is 0. The summed E-state index contributed by atoms with van der Waals surface area (Å²) < 4.78 is 13.1. The van der Waals surface area contributed by atoms with E-state index in [0.29, 0.717) is 6.04 Å². The number of rotatable bonds is 7. The molecule has 1 N–H and O–H groups in total. The maximum atomic E-state index is 13.1. The minimum atomic E-state index is -0.138. The molecule has 2 fully saturated rings. The second-order valence-electron chi connectivity index (χ2n) is 7.09. The van der Waals surface area contributed by atoms with Gasteiger partial charge >= 0.3 is 0 Å².